The highest BCUT2D eigenvalue weighted by atomic mass is 79.9. The highest BCUT2D eigenvalue weighted by Crippen LogP contribution is 2.30. The fourth-order valence-corrected chi connectivity index (χ4v) is 4.05. The molecule has 1 N–H and O–H groups in total. The lowest BCUT2D eigenvalue weighted by Gasteiger charge is -2.30. The Hall–Kier alpha value is -2.22. The predicted molar refractivity (Wildman–Crippen MR) is 121 cm³/mol. The second-order valence-electron chi connectivity index (χ2n) is 6.45. The summed E-state index contributed by atoms with van der Waals surface area (Å²) in [7, 11) is 3.87. The number of thiocarbonyl (C=S) groups is 1. The molecule has 0 saturated carbocycles. The van der Waals surface area contributed by atoms with Crippen LogP contribution < -0.4 is 15.1 Å². The van der Waals surface area contributed by atoms with Crippen molar-refractivity contribution in [3.8, 4) is 0 Å². The summed E-state index contributed by atoms with van der Waals surface area (Å²) in [5.74, 6) is -1.02. The molecule has 0 unspecified atom stereocenters. The maximum atomic E-state index is 13.1. The first-order valence-electron chi connectivity index (χ1n) is 8.34. The molecule has 1 aliphatic rings. The van der Waals surface area contributed by atoms with Gasteiger partial charge < -0.3 is 4.90 Å². The number of nitrogens with one attached hydrogen (secondary N) is 1. The molecular weight excluding hydrogens is 462 g/mol. The van der Waals surface area contributed by atoms with Gasteiger partial charge in [-0.1, -0.05) is 23.7 Å². The summed E-state index contributed by atoms with van der Waals surface area (Å²) < 4.78 is 0.855. The summed E-state index contributed by atoms with van der Waals surface area (Å²) in [4.78, 5) is 28.8. The highest BCUT2D eigenvalue weighted by Gasteiger charge is 2.35. The van der Waals surface area contributed by atoms with Crippen LogP contribution >= 0.6 is 39.7 Å². The summed E-state index contributed by atoms with van der Waals surface area (Å²) >= 11 is 14.9. The summed E-state index contributed by atoms with van der Waals surface area (Å²) in [6, 6.07) is 10.8. The number of carbonyl (C=O) groups is 2. The van der Waals surface area contributed by atoms with Crippen LogP contribution in [0.2, 0.25) is 5.02 Å². The number of nitrogens with zero attached hydrogens (tertiary/aromatic N) is 2. The van der Waals surface area contributed by atoms with E-state index in [0.717, 1.165) is 10.2 Å². The van der Waals surface area contributed by atoms with Gasteiger partial charge in [-0.2, -0.15) is 0 Å². The van der Waals surface area contributed by atoms with Gasteiger partial charge in [-0.05, 0) is 76.5 Å². The van der Waals surface area contributed by atoms with Gasteiger partial charge in [0.25, 0.3) is 11.8 Å². The third-order valence-corrected chi connectivity index (χ3v) is 5.68. The van der Waals surface area contributed by atoms with E-state index < -0.39 is 11.8 Å². The van der Waals surface area contributed by atoms with E-state index in [9.17, 15) is 9.59 Å². The maximum Gasteiger partial charge on any atom is 0.270 e. The first kappa shape index (κ1) is 20.5. The first-order chi connectivity index (χ1) is 13.2. The van der Waals surface area contributed by atoms with Crippen molar-refractivity contribution >= 4 is 74.1 Å². The molecule has 0 radical (unpaired) electrons. The van der Waals surface area contributed by atoms with Crippen molar-refractivity contribution in [1.29, 1.82) is 0 Å². The minimum atomic E-state index is -0.529. The zero-order chi connectivity index (χ0) is 20.6. The van der Waals surface area contributed by atoms with Crippen molar-refractivity contribution < 1.29 is 9.59 Å². The number of benzene rings is 2. The van der Waals surface area contributed by atoms with Crippen LogP contribution in [0.4, 0.5) is 11.4 Å². The fraction of sp³-hybridized carbons (Fsp3) is 0.150. The van der Waals surface area contributed by atoms with Crippen LogP contribution in [-0.2, 0) is 9.59 Å². The number of hydrogen-bond donors (Lipinski definition) is 1. The van der Waals surface area contributed by atoms with Crippen LogP contribution in [0, 0.1) is 6.92 Å². The SMILES string of the molecule is Cc1c(Cl)cccc1N1C(=O)/C(=C\c2ccc(N(C)C)c(Br)c2)C(=O)NC1=S. The Labute approximate surface area is 182 Å². The topological polar surface area (TPSA) is 52.7 Å². The van der Waals surface area contributed by atoms with Crippen LogP contribution in [0.1, 0.15) is 11.1 Å². The minimum Gasteiger partial charge on any atom is -0.377 e. The van der Waals surface area contributed by atoms with Crippen LogP contribution in [0.25, 0.3) is 6.08 Å². The number of amides is 2. The number of hydrogen-bond acceptors (Lipinski definition) is 4. The molecule has 0 spiro atoms. The van der Waals surface area contributed by atoms with E-state index in [1.807, 2.05) is 37.2 Å². The third-order valence-electron chi connectivity index (χ3n) is 4.35. The van der Waals surface area contributed by atoms with Crippen molar-refractivity contribution in [2.45, 2.75) is 6.92 Å². The quantitative estimate of drug-likeness (QED) is 0.406. The third kappa shape index (κ3) is 3.83. The Kier molecular flexibility index (Phi) is 5.88. The molecule has 2 aromatic rings. The van der Waals surface area contributed by atoms with Gasteiger partial charge in [0, 0.05) is 23.6 Å². The lowest BCUT2D eigenvalue weighted by Crippen LogP contribution is -2.54. The van der Waals surface area contributed by atoms with Gasteiger partial charge >= 0.3 is 0 Å². The van der Waals surface area contributed by atoms with Crippen LogP contribution in [-0.4, -0.2) is 31.0 Å². The molecule has 3 rings (SSSR count). The molecule has 28 heavy (non-hydrogen) atoms. The standard InChI is InChI=1S/C20H17BrClN3O2S/c1-11-15(22)5-4-6-16(11)25-19(27)13(18(26)23-20(25)28)9-12-7-8-17(24(2)3)14(21)10-12/h4-10H,1-3H3,(H,23,26,28)/b13-9-. The molecule has 0 aromatic heterocycles. The largest absolute Gasteiger partial charge is 0.377 e. The number of halogens is 2. The van der Waals surface area contributed by atoms with Crippen LogP contribution in [0.5, 0.6) is 0 Å². The van der Waals surface area contributed by atoms with Crippen molar-refractivity contribution in [2.75, 3.05) is 23.9 Å². The normalized spacial score (nSPS) is 15.8. The highest BCUT2D eigenvalue weighted by molar-refractivity contribution is 9.10. The Morgan fingerprint density at radius 1 is 1.21 bits per heavy atom. The van der Waals surface area contributed by atoms with E-state index in [-0.39, 0.29) is 10.7 Å². The molecule has 0 aliphatic carbocycles. The zero-order valence-electron chi connectivity index (χ0n) is 15.4. The van der Waals surface area contributed by atoms with Gasteiger partial charge in [0.1, 0.15) is 5.57 Å². The number of carbonyl (C=O) groups excluding carboxylic acids is 2. The molecule has 1 heterocycles. The molecule has 5 nitrogen and oxygen atoms in total. The van der Waals surface area contributed by atoms with Gasteiger partial charge in [-0.3, -0.25) is 19.8 Å². The number of anilines is 2. The van der Waals surface area contributed by atoms with Gasteiger partial charge in [-0.25, -0.2) is 0 Å². The Morgan fingerprint density at radius 2 is 1.93 bits per heavy atom. The number of rotatable bonds is 3. The van der Waals surface area contributed by atoms with Crippen LogP contribution in [0.3, 0.4) is 0 Å². The molecule has 144 valence electrons. The Morgan fingerprint density at radius 3 is 2.57 bits per heavy atom. The Bertz CT molecular complexity index is 1040. The first-order valence-corrected chi connectivity index (χ1v) is 9.92. The van der Waals surface area contributed by atoms with Gasteiger partial charge in [-0.15, -0.1) is 0 Å². The second kappa shape index (κ2) is 8.03. The average molecular weight is 479 g/mol. The van der Waals surface area contributed by atoms with E-state index in [4.69, 9.17) is 23.8 Å². The summed E-state index contributed by atoms with van der Waals surface area (Å²) in [6.07, 6.45) is 1.55. The molecule has 2 amide bonds. The average Bonchev–Trinajstić information content (AvgIpc) is 2.61. The van der Waals surface area contributed by atoms with E-state index in [1.54, 1.807) is 31.2 Å². The van der Waals surface area contributed by atoms with Gasteiger partial charge in [0.15, 0.2) is 5.11 Å². The zero-order valence-corrected chi connectivity index (χ0v) is 18.6. The summed E-state index contributed by atoms with van der Waals surface area (Å²) in [5.41, 5.74) is 2.94. The molecular formula is C20H17BrClN3O2S. The maximum absolute atomic E-state index is 13.1. The molecule has 0 bridgehead atoms. The monoisotopic (exact) mass is 477 g/mol. The Balaban J connectivity index is 2.04. The van der Waals surface area contributed by atoms with E-state index in [0.29, 0.717) is 21.8 Å². The van der Waals surface area contributed by atoms with Crippen molar-refractivity contribution in [2.24, 2.45) is 0 Å². The molecule has 1 aliphatic heterocycles. The summed E-state index contributed by atoms with van der Waals surface area (Å²) in [6.45, 7) is 1.80. The molecule has 8 heteroatoms. The van der Waals surface area contributed by atoms with Crippen molar-refractivity contribution in [3.63, 3.8) is 0 Å². The van der Waals surface area contributed by atoms with E-state index in [2.05, 4.69) is 21.2 Å². The van der Waals surface area contributed by atoms with E-state index in [1.165, 1.54) is 4.90 Å². The van der Waals surface area contributed by atoms with E-state index >= 15 is 0 Å². The lowest BCUT2D eigenvalue weighted by molar-refractivity contribution is -0.122. The van der Waals surface area contributed by atoms with Gasteiger partial charge in [0.05, 0.1) is 11.4 Å². The van der Waals surface area contributed by atoms with Crippen LogP contribution in [0.15, 0.2) is 46.4 Å². The summed E-state index contributed by atoms with van der Waals surface area (Å²) in [5, 5.41) is 3.13. The van der Waals surface area contributed by atoms with Crippen molar-refractivity contribution in [1.82, 2.24) is 5.32 Å². The predicted octanol–water partition coefficient (Wildman–Crippen LogP) is 4.31. The lowest BCUT2D eigenvalue weighted by atomic mass is 10.1. The molecule has 0 atom stereocenters. The molecule has 1 fully saturated rings. The van der Waals surface area contributed by atoms with Crippen molar-refractivity contribution in [3.05, 3.63) is 62.6 Å². The minimum absolute atomic E-state index is 0.00233. The van der Waals surface area contributed by atoms with Gasteiger partial charge in [0.2, 0.25) is 0 Å². The second-order valence-corrected chi connectivity index (χ2v) is 8.10. The molecule has 1 saturated heterocycles. The smallest absolute Gasteiger partial charge is 0.270 e. The fourth-order valence-electron chi connectivity index (χ4n) is 2.86. The molecule has 2 aromatic carbocycles.